The zero-order chi connectivity index (χ0) is 17.2. The molecule has 3 nitrogen and oxygen atoms in total. The summed E-state index contributed by atoms with van der Waals surface area (Å²) in [6.45, 7) is 5.62. The molecule has 0 aliphatic heterocycles. The Labute approximate surface area is 147 Å². The van der Waals surface area contributed by atoms with Gasteiger partial charge in [0.1, 0.15) is 18.2 Å². The van der Waals surface area contributed by atoms with Crippen LogP contribution >= 0.6 is 11.6 Å². The molecule has 0 atom stereocenters. The zero-order valence-corrected chi connectivity index (χ0v) is 14.6. The second-order valence-corrected chi connectivity index (χ2v) is 5.80. The Balaban J connectivity index is 1.73. The molecular formula is C19H23ClFNO2. The van der Waals surface area contributed by atoms with E-state index in [-0.39, 0.29) is 5.82 Å². The van der Waals surface area contributed by atoms with Crippen molar-refractivity contribution < 1.29 is 13.9 Å². The highest BCUT2D eigenvalue weighted by molar-refractivity contribution is 6.31. The number of rotatable bonds is 10. The second kappa shape index (κ2) is 10.3. The Bertz CT molecular complexity index is 619. The summed E-state index contributed by atoms with van der Waals surface area (Å²) in [5.41, 5.74) is 1.96. The smallest absolute Gasteiger partial charge is 0.124 e. The van der Waals surface area contributed by atoms with Crippen molar-refractivity contribution in [1.82, 2.24) is 5.32 Å². The van der Waals surface area contributed by atoms with Gasteiger partial charge in [-0.3, -0.25) is 0 Å². The summed E-state index contributed by atoms with van der Waals surface area (Å²) in [5, 5.41) is 3.75. The van der Waals surface area contributed by atoms with Gasteiger partial charge in [0, 0.05) is 25.3 Å². The lowest BCUT2D eigenvalue weighted by molar-refractivity contribution is 0.144. The van der Waals surface area contributed by atoms with Crippen LogP contribution < -0.4 is 10.1 Å². The third-order valence-corrected chi connectivity index (χ3v) is 3.86. The number of hydrogen-bond acceptors (Lipinski definition) is 3. The van der Waals surface area contributed by atoms with Crippen molar-refractivity contribution in [2.45, 2.75) is 26.5 Å². The number of hydrogen-bond donors (Lipinski definition) is 1. The van der Waals surface area contributed by atoms with Gasteiger partial charge in [-0.15, -0.1) is 0 Å². The van der Waals surface area contributed by atoms with Crippen LogP contribution in [0.15, 0.2) is 42.5 Å². The van der Waals surface area contributed by atoms with Crippen LogP contribution in [0.1, 0.15) is 24.5 Å². The molecule has 0 saturated heterocycles. The number of halogens is 2. The molecule has 0 heterocycles. The summed E-state index contributed by atoms with van der Waals surface area (Å²) in [5.74, 6) is 0.414. The lowest BCUT2D eigenvalue weighted by atomic mass is 10.2. The highest BCUT2D eigenvalue weighted by Gasteiger charge is 2.03. The predicted molar refractivity (Wildman–Crippen MR) is 95.0 cm³/mol. The summed E-state index contributed by atoms with van der Waals surface area (Å²) >= 11 is 5.99. The molecule has 5 heteroatoms. The molecule has 0 amide bonds. The van der Waals surface area contributed by atoms with Gasteiger partial charge in [-0.2, -0.15) is 0 Å². The zero-order valence-electron chi connectivity index (χ0n) is 13.9. The van der Waals surface area contributed by atoms with E-state index in [0.29, 0.717) is 11.6 Å². The van der Waals surface area contributed by atoms with Crippen LogP contribution in [0.5, 0.6) is 5.75 Å². The van der Waals surface area contributed by atoms with E-state index in [4.69, 9.17) is 21.1 Å². The lowest BCUT2D eigenvalue weighted by Crippen LogP contribution is -2.16. The summed E-state index contributed by atoms with van der Waals surface area (Å²) in [6.07, 6.45) is 1.01. The van der Waals surface area contributed by atoms with Gasteiger partial charge in [-0.1, -0.05) is 29.8 Å². The van der Waals surface area contributed by atoms with E-state index in [2.05, 4.69) is 5.32 Å². The average Bonchev–Trinajstić information content (AvgIpc) is 2.58. The minimum absolute atomic E-state index is 0.314. The maximum Gasteiger partial charge on any atom is 0.124 e. The molecule has 0 aromatic heterocycles. The SMILES string of the molecule is CCOCCCNCc1ccc(OCc2ccc(F)cc2Cl)cc1. The fourth-order valence-electron chi connectivity index (χ4n) is 2.18. The molecule has 0 unspecified atom stereocenters. The van der Waals surface area contributed by atoms with E-state index >= 15 is 0 Å². The molecule has 0 spiro atoms. The van der Waals surface area contributed by atoms with E-state index in [1.165, 1.54) is 17.7 Å². The maximum atomic E-state index is 13.0. The maximum absolute atomic E-state index is 13.0. The van der Waals surface area contributed by atoms with Crippen molar-refractivity contribution in [1.29, 1.82) is 0 Å². The van der Waals surface area contributed by atoms with Crippen LogP contribution in [0, 0.1) is 5.82 Å². The predicted octanol–water partition coefficient (Wildman–Crippen LogP) is 4.57. The van der Waals surface area contributed by atoms with Crippen molar-refractivity contribution in [2.75, 3.05) is 19.8 Å². The first kappa shape index (κ1) is 18.7. The average molecular weight is 352 g/mol. The van der Waals surface area contributed by atoms with Gasteiger partial charge in [0.05, 0.1) is 5.02 Å². The van der Waals surface area contributed by atoms with Crippen LogP contribution in [0.4, 0.5) is 4.39 Å². The van der Waals surface area contributed by atoms with Gasteiger partial charge in [-0.05, 0) is 49.7 Å². The molecule has 24 heavy (non-hydrogen) atoms. The first-order valence-electron chi connectivity index (χ1n) is 8.13. The topological polar surface area (TPSA) is 30.5 Å². The molecular weight excluding hydrogens is 329 g/mol. The number of nitrogens with one attached hydrogen (secondary N) is 1. The summed E-state index contributed by atoms with van der Waals surface area (Å²) in [4.78, 5) is 0. The van der Waals surface area contributed by atoms with E-state index in [1.807, 2.05) is 31.2 Å². The van der Waals surface area contributed by atoms with Crippen LogP contribution in [0.25, 0.3) is 0 Å². The van der Waals surface area contributed by atoms with Crippen molar-refractivity contribution in [2.24, 2.45) is 0 Å². The minimum atomic E-state index is -0.346. The van der Waals surface area contributed by atoms with Crippen LogP contribution in [-0.2, 0) is 17.9 Å². The summed E-state index contributed by atoms with van der Waals surface area (Å²) in [7, 11) is 0. The lowest BCUT2D eigenvalue weighted by Gasteiger charge is -2.09. The first-order valence-corrected chi connectivity index (χ1v) is 8.51. The fraction of sp³-hybridized carbons (Fsp3) is 0.368. The van der Waals surface area contributed by atoms with Gasteiger partial charge >= 0.3 is 0 Å². The molecule has 1 N–H and O–H groups in total. The van der Waals surface area contributed by atoms with E-state index in [0.717, 1.165) is 44.0 Å². The van der Waals surface area contributed by atoms with E-state index in [1.54, 1.807) is 6.07 Å². The molecule has 0 saturated carbocycles. The molecule has 0 radical (unpaired) electrons. The van der Waals surface area contributed by atoms with Gasteiger partial charge in [0.2, 0.25) is 0 Å². The molecule has 0 aliphatic carbocycles. The first-order chi connectivity index (χ1) is 11.7. The third kappa shape index (κ3) is 6.48. The molecule has 2 rings (SSSR count). The van der Waals surface area contributed by atoms with E-state index in [9.17, 15) is 4.39 Å². The van der Waals surface area contributed by atoms with Gasteiger partial charge in [0.15, 0.2) is 0 Å². The molecule has 0 fully saturated rings. The van der Waals surface area contributed by atoms with Crippen LogP contribution in [0.3, 0.4) is 0 Å². The number of benzene rings is 2. The highest BCUT2D eigenvalue weighted by atomic mass is 35.5. The van der Waals surface area contributed by atoms with Crippen LogP contribution in [0.2, 0.25) is 5.02 Å². The van der Waals surface area contributed by atoms with E-state index < -0.39 is 0 Å². The van der Waals surface area contributed by atoms with Crippen molar-refractivity contribution in [3.8, 4) is 5.75 Å². The minimum Gasteiger partial charge on any atom is -0.489 e. The Morgan fingerprint density at radius 2 is 1.92 bits per heavy atom. The van der Waals surface area contributed by atoms with Crippen LogP contribution in [-0.4, -0.2) is 19.8 Å². The molecule has 2 aromatic carbocycles. The second-order valence-electron chi connectivity index (χ2n) is 5.40. The summed E-state index contributed by atoms with van der Waals surface area (Å²) < 4.78 is 24.0. The standard InChI is InChI=1S/C19H23ClFNO2/c1-2-23-11-3-10-22-13-15-4-8-18(9-5-15)24-14-16-6-7-17(21)12-19(16)20/h4-9,12,22H,2-3,10-11,13-14H2,1H3. The van der Waals surface area contributed by atoms with Gasteiger partial charge < -0.3 is 14.8 Å². The van der Waals surface area contributed by atoms with Crippen molar-refractivity contribution in [3.63, 3.8) is 0 Å². The Morgan fingerprint density at radius 3 is 2.62 bits per heavy atom. The largest absolute Gasteiger partial charge is 0.489 e. The van der Waals surface area contributed by atoms with Gasteiger partial charge in [-0.25, -0.2) is 4.39 Å². The van der Waals surface area contributed by atoms with Crippen molar-refractivity contribution in [3.05, 3.63) is 64.4 Å². The third-order valence-electron chi connectivity index (χ3n) is 3.51. The monoisotopic (exact) mass is 351 g/mol. The molecule has 0 bridgehead atoms. The highest BCUT2D eigenvalue weighted by Crippen LogP contribution is 2.20. The molecule has 2 aromatic rings. The number of ether oxygens (including phenoxy) is 2. The van der Waals surface area contributed by atoms with Crippen molar-refractivity contribution >= 4 is 11.6 Å². The Hall–Kier alpha value is -1.62. The molecule has 130 valence electrons. The quantitative estimate of drug-likeness (QED) is 0.636. The fourth-order valence-corrected chi connectivity index (χ4v) is 2.40. The molecule has 0 aliphatic rings. The Morgan fingerprint density at radius 1 is 1.12 bits per heavy atom. The van der Waals surface area contributed by atoms with Gasteiger partial charge in [0.25, 0.3) is 0 Å². The summed E-state index contributed by atoms with van der Waals surface area (Å²) in [6, 6.07) is 12.2. The normalized spacial score (nSPS) is 10.8. The Kier molecular flexibility index (Phi) is 8.02.